The predicted octanol–water partition coefficient (Wildman–Crippen LogP) is 6.80. The third-order valence-electron chi connectivity index (χ3n) is 9.36. The average Bonchev–Trinajstić information content (AvgIpc) is 3.10. The van der Waals surface area contributed by atoms with E-state index in [0.717, 1.165) is 48.2 Å². The fourth-order valence-electron chi connectivity index (χ4n) is 6.83. The van der Waals surface area contributed by atoms with Gasteiger partial charge in [-0.15, -0.1) is 0 Å². The van der Waals surface area contributed by atoms with Crippen LogP contribution in [0.3, 0.4) is 0 Å². The second kappa shape index (κ2) is 19.0. The summed E-state index contributed by atoms with van der Waals surface area (Å²) in [6.07, 6.45) is 3.12. The van der Waals surface area contributed by atoms with Crippen molar-refractivity contribution in [3.63, 3.8) is 0 Å². The summed E-state index contributed by atoms with van der Waals surface area (Å²) in [5.74, 6) is 0.274. The van der Waals surface area contributed by atoms with Crippen molar-refractivity contribution in [1.82, 2.24) is 14.9 Å². The predicted molar refractivity (Wildman–Crippen MR) is 200 cm³/mol. The van der Waals surface area contributed by atoms with Crippen molar-refractivity contribution in [2.45, 2.75) is 43.4 Å². The number of sulfonamides is 1. The molecule has 0 spiro atoms. The first-order valence-electron chi connectivity index (χ1n) is 17.1. The van der Waals surface area contributed by atoms with E-state index in [2.05, 4.69) is 22.0 Å². The van der Waals surface area contributed by atoms with Gasteiger partial charge >= 0.3 is 0 Å². The Hall–Kier alpha value is -2.25. The van der Waals surface area contributed by atoms with E-state index >= 15 is 0 Å². The van der Waals surface area contributed by atoms with Crippen LogP contribution in [0.1, 0.15) is 53.1 Å². The van der Waals surface area contributed by atoms with Crippen molar-refractivity contribution < 1.29 is 27.4 Å². The highest BCUT2D eigenvalue weighted by Gasteiger charge is 2.38. The SMILES string of the molecule is CN1Cc2c(Cl)cc(Cl)cc2C(C2CCCC(S(=O)(=O)NCCOCCOCCOCCNC(=O)c3ccc(-c4ccc(Cl)cc4)cc3)C2)C1. The summed E-state index contributed by atoms with van der Waals surface area (Å²) in [6, 6.07) is 18.8. The van der Waals surface area contributed by atoms with Crippen molar-refractivity contribution in [2.75, 3.05) is 66.3 Å². The van der Waals surface area contributed by atoms with Crippen LogP contribution < -0.4 is 10.0 Å². The molecule has 3 atom stereocenters. The maximum absolute atomic E-state index is 13.2. The molecule has 13 heteroatoms. The van der Waals surface area contributed by atoms with Gasteiger partial charge in [0.2, 0.25) is 10.0 Å². The molecular weight excluding hydrogens is 721 g/mol. The molecule has 1 aliphatic carbocycles. The summed E-state index contributed by atoms with van der Waals surface area (Å²) >= 11 is 18.9. The molecule has 0 aromatic heterocycles. The molecule has 1 heterocycles. The van der Waals surface area contributed by atoms with Crippen molar-refractivity contribution in [2.24, 2.45) is 5.92 Å². The standard InChI is InChI=1S/C37H46Cl3N3O6S/c1-43-24-34(33-22-31(39)23-36(40)35(33)25-43)29-3-2-4-32(21-29)50(45,46)42-14-16-48-18-20-49-19-17-47-15-13-41-37(44)28-7-5-26(6-8-28)27-9-11-30(38)12-10-27/h5-12,22-23,29,32,34,42H,2-4,13-21,24-25H2,1H3,(H,41,44). The number of halogens is 3. The number of benzene rings is 3. The molecule has 2 N–H and O–H groups in total. The number of amides is 1. The van der Waals surface area contributed by atoms with Crippen molar-refractivity contribution in [3.8, 4) is 11.1 Å². The van der Waals surface area contributed by atoms with E-state index < -0.39 is 15.3 Å². The lowest BCUT2D eigenvalue weighted by Gasteiger charge is -2.40. The minimum atomic E-state index is -3.48. The van der Waals surface area contributed by atoms with E-state index in [1.165, 1.54) is 0 Å². The van der Waals surface area contributed by atoms with Gasteiger partial charge in [-0.1, -0.05) is 65.5 Å². The molecule has 1 fully saturated rings. The van der Waals surface area contributed by atoms with Gasteiger partial charge < -0.3 is 24.4 Å². The molecule has 1 saturated carbocycles. The molecule has 0 saturated heterocycles. The lowest BCUT2D eigenvalue weighted by Crippen LogP contribution is -2.42. The van der Waals surface area contributed by atoms with Crippen molar-refractivity contribution in [1.29, 1.82) is 0 Å². The summed E-state index contributed by atoms with van der Waals surface area (Å²) in [6.45, 7) is 4.34. The first-order chi connectivity index (χ1) is 24.1. The molecular formula is C37H46Cl3N3O6S. The number of nitrogens with one attached hydrogen (secondary N) is 2. The monoisotopic (exact) mass is 765 g/mol. The number of ether oxygens (including phenoxy) is 3. The number of rotatable bonds is 17. The van der Waals surface area contributed by atoms with Crippen LogP contribution in [0, 0.1) is 5.92 Å². The molecule has 1 aliphatic heterocycles. The Morgan fingerprint density at radius 3 is 2.12 bits per heavy atom. The van der Waals surface area contributed by atoms with Crippen LogP contribution in [0.2, 0.25) is 15.1 Å². The number of hydrogen-bond donors (Lipinski definition) is 2. The largest absolute Gasteiger partial charge is 0.378 e. The van der Waals surface area contributed by atoms with Crippen LogP contribution in [0.4, 0.5) is 0 Å². The molecule has 2 aliphatic rings. The Morgan fingerprint density at radius 1 is 0.820 bits per heavy atom. The van der Waals surface area contributed by atoms with Gasteiger partial charge in [-0.2, -0.15) is 0 Å². The molecule has 1 amide bonds. The second-order valence-corrected chi connectivity index (χ2v) is 16.2. The minimum absolute atomic E-state index is 0.162. The number of carbonyl (C=O) groups is 1. The Balaban J connectivity index is 0.899. The number of fused-ring (bicyclic) bond motifs is 1. The molecule has 50 heavy (non-hydrogen) atoms. The van der Waals surface area contributed by atoms with Crippen LogP contribution in [0.15, 0.2) is 60.7 Å². The van der Waals surface area contributed by atoms with Gasteiger partial charge in [-0.05, 0) is 96.8 Å². The zero-order chi connectivity index (χ0) is 35.5. The van der Waals surface area contributed by atoms with Gasteiger partial charge in [-0.3, -0.25) is 4.79 Å². The van der Waals surface area contributed by atoms with Crippen LogP contribution in [-0.2, 0) is 30.8 Å². The van der Waals surface area contributed by atoms with Crippen LogP contribution in [-0.4, -0.2) is 90.8 Å². The van der Waals surface area contributed by atoms with Crippen molar-refractivity contribution >= 4 is 50.7 Å². The Bertz CT molecular complexity index is 1660. The van der Waals surface area contributed by atoms with Crippen molar-refractivity contribution in [3.05, 3.63) is 92.4 Å². The summed E-state index contributed by atoms with van der Waals surface area (Å²) in [5.41, 5.74) is 4.88. The summed E-state index contributed by atoms with van der Waals surface area (Å²) in [7, 11) is -1.41. The zero-order valence-corrected chi connectivity index (χ0v) is 31.4. The van der Waals surface area contributed by atoms with E-state index in [4.69, 9.17) is 49.0 Å². The number of likely N-dealkylation sites (N-methyl/N-ethyl adjacent to an activating group) is 1. The molecule has 5 rings (SSSR count). The molecule has 9 nitrogen and oxygen atoms in total. The molecule has 0 bridgehead atoms. The van der Waals surface area contributed by atoms with Crippen LogP contribution in [0.5, 0.6) is 0 Å². The second-order valence-electron chi connectivity index (χ2n) is 12.9. The maximum Gasteiger partial charge on any atom is 0.251 e. The Morgan fingerprint density at radius 2 is 1.44 bits per heavy atom. The summed E-state index contributed by atoms with van der Waals surface area (Å²) in [5, 5.41) is 4.40. The molecule has 3 unspecified atom stereocenters. The van der Waals surface area contributed by atoms with Gasteiger partial charge in [0.1, 0.15) is 0 Å². The van der Waals surface area contributed by atoms with E-state index in [0.29, 0.717) is 73.1 Å². The lowest BCUT2D eigenvalue weighted by molar-refractivity contribution is 0.0162. The number of hydrogen-bond acceptors (Lipinski definition) is 7. The Kier molecular flexibility index (Phi) is 14.8. The lowest BCUT2D eigenvalue weighted by atomic mass is 9.74. The highest BCUT2D eigenvalue weighted by atomic mass is 35.5. The van der Waals surface area contributed by atoms with Gasteiger partial charge in [0.05, 0.1) is 44.9 Å². The third-order valence-corrected chi connectivity index (χ3v) is 12.1. The fourth-order valence-corrected chi connectivity index (χ4v) is 9.11. The Labute approximate surface area is 311 Å². The normalized spacial score (nSPS) is 19.6. The average molecular weight is 767 g/mol. The molecule has 3 aromatic rings. The smallest absolute Gasteiger partial charge is 0.251 e. The van der Waals surface area contributed by atoms with E-state index in [1.807, 2.05) is 42.5 Å². The number of nitrogens with zero attached hydrogens (tertiary/aromatic N) is 1. The first-order valence-corrected chi connectivity index (χ1v) is 19.8. The molecule has 3 aromatic carbocycles. The van der Waals surface area contributed by atoms with Crippen LogP contribution >= 0.6 is 34.8 Å². The maximum atomic E-state index is 13.2. The van der Waals surface area contributed by atoms with Gasteiger partial charge in [0.25, 0.3) is 5.91 Å². The quantitative estimate of drug-likeness (QED) is 0.146. The molecule has 272 valence electrons. The van der Waals surface area contributed by atoms with E-state index in [9.17, 15) is 13.2 Å². The number of carbonyl (C=O) groups excluding carboxylic acids is 1. The topological polar surface area (TPSA) is 106 Å². The summed E-state index contributed by atoms with van der Waals surface area (Å²) < 4.78 is 45.8. The van der Waals surface area contributed by atoms with Crippen LogP contribution in [0.25, 0.3) is 11.1 Å². The van der Waals surface area contributed by atoms with E-state index in [1.54, 1.807) is 18.2 Å². The first kappa shape index (κ1) is 39.0. The molecule has 0 radical (unpaired) electrons. The zero-order valence-electron chi connectivity index (χ0n) is 28.3. The highest BCUT2D eigenvalue weighted by molar-refractivity contribution is 7.90. The highest BCUT2D eigenvalue weighted by Crippen LogP contribution is 2.44. The van der Waals surface area contributed by atoms with Gasteiger partial charge in [-0.25, -0.2) is 13.1 Å². The minimum Gasteiger partial charge on any atom is -0.378 e. The van der Waals surface area contributed by atoms with Gasteiger partial charge in [0, 0.05) is 46.8 Å². The summed E-state index contributed by atoms with van der Waals surface area (Å²) in [4.78, 5) is 14.7. The van der Waals surface area contributed by atoms with E-state index in [-0.39, 0.29) is 30.9 Å². The third kappa shape index (κ3) is 11.1. The van der Waals surface area contributed by atoms with Gasteiger partial charge in [0.15, 0.2) is 0 Å². The fraction of sp³-hybridized carbons (Fsp3) is 0.486.